The van der Waals surface area contributed by atoms with E-state index in [9.17, 15) is 15.0 Å². The van der Waals surface area contributed by atoms with Crippen LogP contribution < -0.4 is 9.47 Å². The highest BCUT2D eigenvalue weighted by Gasteiger charge is 2.34. The molecule has 0 aliphatic carbocycles. The summed E-state index contributed by atoms with van der Waals surface area (Å²) in [5.41, 5.74) is 1.09. The minimum Gasteiger partial charge on any atom is -0.507 e. The van der Waals surface area contributed by atoms with Crippen LogP contribution in [0.15, 0.2) is 74.3 Å². The standard InChI is InChI=1S/C24H21N3O6S/c1-31-19-10-15(11-20(32-2)22(19)29)12-21-23(30)27(14-17-7-5-9-33-17)24(34-21)26-25-13-16-6-3-4-8-18(16)28/h3-13,28-29H,14H2,1-2H3/b21-12-,25-13+,26-24-. The summed E-state index contributed by atoms with van der Waals surface area (Å²) in [4.78, 5) is 15.1. The number of aromatic hydroxyl groups is 2. The highest BCUT2D eigenvalue weighted by molar-refractivity contribution is 8.18. The number of phenolic OH excluding ortho intramolecular Hbond substituents is 2. The lowest BCUT2D eigenvalue weighted by Gasteiger charge is -2.12. The number of furan rings is 1. The van der Waals surface area contributed by atoms with Gasteiger partial charge in [-0.1, -0.05) is 12.1 Å². The van der Waals surface area contributed by atoms with Crippen molar-refractivity contribution >= 4 is 35.1 Å². The van der Waals surface area contributed by atoms with Crippen LogP contribution >= 0.6 is 11.8 Å². The first-order chi connectivity index (χ1) is 16.5. The monoisotopic (exact) mass is 479 g/mol. The van der Waals surface area contributed by atoms with Crippen molar-refractivity contribution in [2.75, 3.05) is 14.2 Å². The lowest BCUT2D eigenvalue weighted by atomic mass is 10.1. The molecule has 1 aliphatic heterocycles. The van der Waals surface area contributed by atoms with Gasteiger partial charge in [0.1, 0.15) is 11.5 Å². The SMILES string of the molecule is COc1cc(/C=C2\S/C(=N\N=C\c3ccccc3O)N(Cc3ccco3)C2=O)cc(OC)c1O. The molecule has 0 atom stereocenters. The van der Waals surface area contributed by atoms with Crippen LogP contribution in [0.2, 0.25) is 0 Å². The summed E-state index contributed by atoms with van der Waals surface area (Å²) >= 11 is 1.14. The molecule has 10 heteroatoms. The Morgan fingerprint density at radius 2 is 1.82 bits per heavy atom. The second-order valence-corrected chi connectivity index (χ2v) is 8.05. The molecule has 34 heavy (non-hydrogen) atoms. The number of ether oxygens (including phenoxy) is 2. The first-order valence-electron chi connectivity index (χ1n) is 10.1. The van der Waals surface area contributed by atoms with Crippen molar-refractivity contribution < 1.29 is 28.9 Å². The lowest BCUT2D eigenvalue weighted by Crippen LogP contribution is -2.28. The Hall–Kier alpha value is -4.18. The minimum absolute atomic E-state index is 0.0739. The number of amides is 1. The number of hydrogen-bond donors (Lipinski definition) is 2. The first kappa shape index (κ1) is 23.0. The van der Waals surface area contributed by atoms with Crippen molar-refractivity contribution in [3.05, 3.63) is 76.6 Å². The maximum atomic E-state index is 13.2. The summed E-state index contributed by atoms with van der Waals surface area (Å²) in [6, 6.07) is 13.4. The second-order valence-electron chi connectivity index (χ2n) is 7.04. The Kier molecular flexibility index (Phi) is 6.88. The molecule has 0 bridgehead atoms. The molecule has 0 spiro atoms. The molecule has 1 amide bonds. The molecule has 1 aliphatic rings. The van der Waals surface area contributed by atoms with Gasteiger partial charge in [-0.15, -0.1) is 5.10 Å². The molecular formula is C24H21N3O6S. The topological polar surface area (TPSA) is 117 Å². The molecule has 9 nitrogen and oxygen atoms in total. The largest absolute Gasteiger partial charge is 0.507 e. The fourth-order valence-electron chi connectivity index (χ4n) is 3.17. The molecule has 1 fully saturated rings. The predicted molar refractivity (Wildman–Crippen MR) is 129 cm³/mol. The van der Waals surface area contributed by atoms with Gasteiger partial charge in [-0.25, -0.2) is 0 Å². The van der Waals surface area contributed by atoms with Gasteiger partial charge in [0.05, 0.1) is 38.1 Å². The van der Waals surface area contributed by atoms with Crippen LogP contribution in [0.25, 0.3) is 6.08 Å². The fraction of sp³-hybridized carbons (Fsp3) is 0.125. The van der Waals surface area contributed by atoms with Crippen LogP contribution in [0.4, 0.5) is 0 Å². The highest BCUT2D eigenvalue weighted by Crippen LogP contribution is 2.39. The number of rotatable bonds is 7. The predicted octanol–water partition coefficient (Wildman–Crippen LogP) is 4.21. The van der Waals surface area contributed by atoms with E-state index in [1.54, 1.807) is 54.6 Å². The van der Waals surface area contributed by atoms with E-state index in [1.165, 1.54) is 31.6 Å². The van der Waals surface area contributed by atoms with Gasteiger partial charge >= 0.3 is 0 Å². The fourth-order valence-corrected chi connectivity index (χ4v) is 4.10. The Bertz CT molecular complexity index is 1260. The van der Waals surface area contributed by atoms with Gasteiger partial charge in [-0.05, 0) is 59.8 Å². The summed E-state index contributed by atoms with van der Waals surface area (Å²) in [5, 5.41) is 28.7. The van der Waals surface area contributed by atoms with Gasteiger partial charge in [-0.3, -0.25) is 9.69 Å². The number of amidine groups is 1. The Labute approximate surface area is 199 Å². The van der Waals surface area contributed by atoms with Crippen molar-refractivity contribution in [3.8, 4) is 23.0 Å². The van der Waals surface area contributed by atoms with Crippen LogP contribution in [0.1, 0.15) is 16.9 Å². The summed E-state index contributed by atoms with van der Waals surface area (Å²) in [6.07, 6.45) is 4.60. The van der Waals surface area contributed by atoms with E-state index < -0.39 is 0 Å². The van der Waals surface area contributed by atoms with E-state index in [4.69, 9.17) is 13.9 Å². The molecule has 0 saturated carbocycles. The minimum atomic E-state index is -0.288. The number of nitrogens with zero attached hydrogens (tertiary/aromatic N) is 3. The molecule has 174 valence electrons. The van der Waals surface area contributed by atoms with E-state index in [2.05, 4.69) is 10.2 Å². The lowest BCUT2D eigenvalue weighted by molar-refractivity contribution is -0.122. The average molecular weight is 480 g/mol. The molecule has 1 saturated heterocycles. The van der Waals surface area contributed by atoms with Crippen molar-refractivity contribution in [3.63, 3.8) is 0 Å². The molecular weight excluding hydrogens is 458 g/mol. The third kappa shape index (κ3) is 4.91. The molecule has 2 heterocycles. The van der Waals surface area contributed by atoms with Gasteiger partial charge < -0.3 is 24.1 Å². The van der Waals surface area contributed by atoms with E-state index in [0.29, 0.717) is 27.0 Å². The average Bonchev–Trinajstić information content (AvgIpc) is 3.45. The summed E-state index contributed by atoms with van der Waals surface area (Å²) < 4.78 is 15.8. The van der Waals surface area contributed by atoms with Crippen LogP contribution in [0.5, 0.6) is 23.0 Å². The highest BCUT2D eigenvalue weighted by atomic mass is 32.2. The normalized spacial score (nSPS) is 16.2. The van der Waals surface area contributed by atoms with E-state index >= 15 is 0 Å². The number of thioether (sulfide) groups is 1. The van der Waals surface area contributed by atoms with Crippen LogP contribution in [0, 0.1) is 0 Å². The number of carbonyl (C=O) groups is 1. The maximum absolute atomic E-state index is 13.2. The number of carbonyl (C=O) groups excluding carboxylic acids is 1. The molecule has 0 radical (unpaired) electrons. The first-order valence-corrected chi connectivity index (χ1v) is 10.9. The Balaban J connectivity index is 1.67. The van der Waals surface area contributed by atoms with Gasteiger partial charge in [0.15, 0.2) is 16.7 Å². The molecule has 4 rings (SSSR count). The third-order valence-electron chi connectivity index (χ3n) is 4.86. The zero-order chi connectivity index (χ0) is 24.1. The smallest absolute Gasteiger partial charge is 0.267 e. The number of methoxy groups -OCH3 is 2. The quantitative estimate of drug-likeness (QED) is 0.296. The van der Waals surface area contributed by atoms with E-state index in [0.717, 1.165) is 11.8 Å². The number of benzene rings is 2. The zero-order valence-corrected chi connectivity index (χ0v) is 19.2. The van der Waals surface area contributed by atoms with Crippen molar-refractivity contribution in [1.29, 1.82) is 0 Å². The summed E-state index contributed by atoms with van der Waals surface area (Å²) in [7, 11) is 2.86. The maximum Gasteiger partial charge on any atom is 0.267 e. The Morgan fingerprint density at radius 3 is 2.47 bits per heavy atom. The number of para-hydroxylation sites is 1. The summed E-state index contributed by atoms with van der Waals surface area (Å²) in [5.74, 6) is 0.678. The van der Waals surface area contributed by atoms with Crippen LogP contribution in [0.3, 0.4) is 0 Å². The molecule has 3 aromatic rings. The van der Waals surface area contributed by atoms with Crippen molar-refractivity contribution in [2.45, 2.75) is 6.54 Å². The molecule has 1 aromatic heterocycles. The molecule has 0 unspecified atom stereocenters. The van der Waals surface area contributed by atoms with Crippen molar-refractivity contribution in [1.82, 2.24) is 4.90 Å². The van der Waals surface area contributed by atoms with Crippen molar-refractivity contribution in [2.24, 2.45) is 10.2 Å². The third-order valence-corrected chi connectivity index (χ3v) is 5.86. The molecule has 2 N–H and O–H groups in total. The molecule has 2 aromatic carbocycles. The van der Waals surface area contributed by atoms with Gasteiger partial charge in [0, 0.05) is 5.56 Å². The number of phenols is 2. The van der Waals surface area contributed by atoms with E-state index in [1.807, 2.05) is 0 Å². The van der Waals surface area contributed by atoms with Gasteiger partial charge in [-0.2, -0.15) is 5.10 Å². The number of hydrogen-bond acceptors (Lipinski definition) is 9. The van der Waals surface area contributed by atoms with E-state index in [-0.39, 0.29) is 35.4 Å². The second kappa shape index (κ2) is 10.2. The Morgan fingerprint density at radius 1 is 1.09 bits per heavy atom. The van der Waals surface area contributed by atoms with Gasteiger partial charge in [0.25, 0.3) is 5.91 Å². The van der Waals surface area contributed by atoms with Crippen LogP contribution in [-0.2, 0) is 11.3 Å². The van der Waals surface area contributed by atoms with Crippen LogP contribution in [-0.4, -0.2) is 46.6 Å². The summed E-state index contributed by atoms with van der Waals surface area (Å²) in [6.45, 7) is 0.170. The van der Waals surface area contributed by atoms with Gasteiger partial charge in [0.2, 0.25) is 5.75 Å². The zero-order valence-electron chi connectivity index (χ0n) is 18.3.